The summed E-state index contributed by atoms with van der Waals surface area (Å²) in [5, 5.41) is 32.6. The summed E-state index contributed by atoms with van der Waals surface area (Å²) in [6.07, 6.45) is 10.6. The second kappa shape index (κ2) is 15.8. The molecule has 14 nitrogen and oxygen atoms in total. The van der Waals surface area contributed by atoms with Crippen molar-refractivity contribution in [3.8, 4) is 18.0 Å². The van der Waals surface area contributed by atoms with Crippen molar-refractivity contribution in [2.75, 3.05) is 42.9 Å². The van der Waals surface area contributed by atoms with Crippen LogP contribution in [-0.2, 0) is 9.59 Å². The summed E-state index contributed by atoms with van der Waals surface area (Å²) in [5.74, 6) is 0.173. The predicted molar refractivity (Wildman–Crippen MR) is 198 cm³/mol. The molecule has 1 aromatic carbocycles. The number of hydrogen-bond acceptors (Lipinski definition) is 11. The van der Waals surface area contributed by atoms with Gasteiger partial charge in [0.1, 0.15) is 12.1 Å². The average molecular weight is 714 g/mol. The lowest BCUT2D eigenvalue weighted by molar-refractivity contribution is -0.134. The molecule has 3 fully saturated rings. The molecule has 0 spiro atoms. The Morgan fingerprint density at radius 3 is 2.47 bits per heavy atom. The standard InChI is InChI=1S/C39H43N11O3/c1-25(20-40)45-34-19-35(50-37-29(23-44-50)18-27(21-41)22-43-37)42-24-33(34)39(53)46-30-6-2-26(3-7-30)12-13-48-14-16-49(17-15-48)31-8-4-28(5-9-31)32-10-11-36(51)47-38(32)52/h4-5,8-9,18-19,22-26,30,32H,2-3,6-7,10-17H2,1H3,(H,42,45)(H,46,53)(H,47,51,52)/t25-,26-,30-,32-/m1/s1. The van der Waals surface area contributed by atoms with Gasteiger partial charge in [-0.05, 0) is 81.7 Å². The fourth-order valence-corrected chi connectivity index (χ4v) is 7.66. The van der Waals surface area contributed by atoms with E-state index in [9.17, 15) is 24.9 Å². The van der Waals surface area contributed by atoms with Crippen LogP contribution in [0.4, 0.5) is 11.4 Å². The highest BCUT2D eigenvalue weighted by atomic mass is 16.2. The Bertz CT molecular complexity index is 2070. The van der Waals surface area contributed by atoms with E-state index in [-0.39, 0.29) is 29.7 Å². The molecule has 3 aromatic heterocycles. The van der Waals surface area contributed by atoms with E-state index in [0.717, 1.165) is 76.1 Å². The minimum atomic E-state index is -0.542. The minimum Gasteiger partial charge on any atom is -0.369 e. The van der Waals surface area contributed by atoms with E-state index in [4.69, 9.17) is 0 Å². The molecule has 14 heteroatoms. The van der Waals surface area contributed by atoms with Crippen molar-refractivity contribution in [3.05, 3.63) is 71.7 Å². The Kier molecular flexibility index (Phi) is 10.6. The zero-order valence-corrected chi connectivity index (χ0v) is 29.8. The lowest BCUT2D eigenvalue weighted by atomic mass is 9.84. The highest BCUT2D eigenvalue weighted by molar-refractivity contribution is 6.01. The number of carbonyl (C=O) groups is 3. The maximum atomic E-state index is 13.6. The minimum absolute atomic E-state index is 0.0678. The van der Waals surface area contributed by atoms with E-state index < -0.39 is 6.04 Å². The van der Waals surface area contributed by atoms with Gasteiger partial charge in [0.25, 0.3) is 5.91 Å². The third-order valence-corrected chi connectivity index (χ3v) is 10.8. The number of benzene rings is 1. The summed E-state index contributed by atoms with van der Waals surface area (Å²) in [5.41, 5.74) is 3.93. The van der Waals surface area contributed by atoms with Gasteiger partial charge in [0.2, 0.25) is 11.8 Å². The van der Waals surface area contributed by atoms with E-state index in [1.54, 1.807) is 29.9 Å². The number of carbonyl (C=O) groups excluding carboxylic acids is 3. The molecule has 2 aliphatic heterocycles. The number of aromatic nitrogens is 4. The highest BCUT2D eigenvalue weighted by Gasteiger charge is 2.29. The maximum Gasteiger partial charge on any atom is 0.255 e. The lowest BCUT2D eigenvalue weighted by Gasteiger charge is -2.37. The van der Waals surface area contributed by atoms with Gasteiger partial charge in [0, 0.05) is 68.2 Å². The smallest absolute Gasteiger partial charge is 0.255 e. The van der Waals surface area contributed by atoms with E-state index >= 15 is 0 Å². The molecule has 53 heavy (non-hydrogen) atoms. The molecule has 1 saturated carbocycles. The summed E-state index contributed by atoms with van der Waals surface area (Å²) >= 11 is 0. The molecule has 2 atom stereocenters. The first-order valence-corrected chi connectivity index (χ1v) is 18.4. The quantitative estimate of drug-likeness (QED) is 0.202. The second-order valence-corrected chi connectivity index (χ2v) is 14.3. The van der Waals surface area contributed by atoms with Gasteiger partial charge in [-0.3, -0.25) is 24.6 Å². The van der Waals surface area contributed by atoms with Crippen LogP contribution in [-0.4, -0.2) is 87.2 Å². The van der Waals surface area contributed by atoms with Crippen LogP contribution in [0.2, 0.25) is 0 Å². The van der Waals surface area contributed by atoms with Crippen molar-refractivity contribution in [1.82, 2.24) is 35.3 Å². The van der Waals surface area contributed by atoms with Gasteiger partial charge in [-0.25, -0.2) is 9.97 Å². The van der Waals surface area contributed by atoms with Crippen molar-refractivity contribution in [1.29, 1.82) is 10.5 Å². The summed E-state index contributed by atoms with van der Waals surface area (Å²) < 4.78 is 1.55. The van der Waals surface area contributed by atoms with Gasteiger partial charge in [-0.2, -0.15) is 20.3 Å². The van der Waals surface area contributed by atoms with Gasteiger partial charge in [0.05, 0.1) is 35.0 Å². The number of rotatable bonds is 10. The van der Waals surface area contributed by atoms with Crippen LogP contribution < -0.4 is 20.9 Å². The molecule has 5 heterocycles. The molecule has 0 unspecified atom stereocenters. The molecule has 272 valence electrons. The first-order valence-electron chi connectivity index (χ1n) is 18.4. The molecule has 3 N–H and O–H groups in total. The molecular formula is C39H43N11O3. The Labute approximate surface area is 308 Å². The molecular weight excluding hydrogens is 671 g/mol. The van der Waals surface area contributed by atoms with Crippen LogP contribution in [0.5, 0.6) is 0 Å². The first-order chi connectivity index (χ1) is 25.8. The summed E-state index contributed by atoms with van der Waals surface area (Å²) in [6.45, 7) is 6.70. The van der Waals surface area contributed by atoms with Crippen LogP contribution >= 0.6 is 0 Å². The monoisotopic (exact) mass is 713 g/mol. The molecule has 0 bridgehead atoms. The number of hydrogen-bond donors (Lipinski definition) is 3. The topological polar surface area (TPSA) is 185 Å². The number of nitrogens with one attached hydrogen (secondary N) is 3. The molecule has 3 amide bonds. The Balaban J connectivity index is 0.879. The summed E-state index contributed by atoms with van der Waals surface area (Å²) in [7, 11) is 0. The van der Waals surface area contributed by atoms with Crippen molar-refractivity contribution >= 4 is 40.1 Å². The van der Waals surface area contributed by atoms with Crippen molar-refractivity contribution in [2.45, 2.75) is 69.9 Å². The van der Waals surface area contributed by atoms with E-state index in [2.05, 4.69) is 65.1 Å². The largest absolute Gasteiger partial charge is 0.369 e. The molecule has 4 aromatic rings. The zero-order valence-electron chi connectivity index (χ0n) is 29.8. The van der Waals surface area contributed by atoms with Crippen molar-refractivity contribution in [3.63, 3.8) is 0 Å². The van der Waals surface area contributed by atoms with Crippen LogP contribution in [0.1, 0.15) is 79.3 Å². The number of amides is 3. The summed E-state index contributed by atoms with van der Waals surface area (Å²) in [4.78, 5) is 51.2. The fourth-order valence-electron chi connectivity index (χ4n) is 7.66. The Morgan fingerprint density at radius 2 is 1.75 bits per heavy atom. The molecule has 1 aliphatic carbocycles. The number of piperazine rings is 1. The number of fused-ring (bicyclic) bond motifs is 1. The number of pyridine rings is 2. The molecule has 3 aliphatic rings. The van der Waals surface area contributed by atoms with Gasteiger partial charge in [-0.1, -0.05) is 12.1 Å². The van der Waals surface area contributed by atoms with E-state index in [0.29, 0.717) is 52.4 Å². The Hall–Kier alpha value is -5.86. The maximum absolute atomic E-state index is 13.6. The van der Waals surface area contributed by atoms with Crippen LogP contribution in [0, 0.1) is 28.6 Å². The van der Waals surface area contributed by atoms with E-state index in [1.165, 1.54) is 12.4 Å². The first kappa shape index (κ1) is 35.5. The van der Waals surface area contributed by atoms with Gasteiger partial charge >= 0.3 is 0 Å². The third-order valence-electron chi connectivity index (χ3n) is 10.8. The molecule has 7 rings (SSSR count). The second-order valence-electron chi connectivity index (χ2n) is 14.3. The van der Waals surface area contributed by atoms with Gasteiger partial charge in [0.15, 0.2) is 11.5 Å². The highest BCUT2D eigenvalue weighted by Crippen LogP contribution is 2.30. The summed E-state index contributed by atoms with van der Waals surface area (Å²) in [6, 6.07) is 15.4. The third kappa shape index (κ3) is 8.13. The van der Waals surface area contributed by atoms with Gasteiger partial charge in [-0.15, -0.1) is 0 Å². The van der Waals surface area contributed by atoms with Crippen LogP contribution in [0.3, 0.4) is 0 Å². The normalized spacial score (nSPS) is 21.3. The Morgan fingerprint density at radius 1 is 0.981 bits per heavy atom. The molecule has 2 saturated heterocycles. The molecule has 0 radical (unpaired) electrons. The van der Waals surface area contributed by atoms with Crippen LogP contribution in [0.25, 0.3) is 16.9 Å². The number of nitriles is 2. The average Bonchev–Trinajstić information content (AvgIpc) is 3.61. The van der Waals surface area contributed by atoms with Crippen LogP contribution in [0.15, 0.2) is 55.0 Å². The number of imide groups is 1. The fraction of sp³-hybridized carbons (Fsp3) is 0.436. The van der Waals surface area contributed by atoms with Crippen molar-refractivity contribution in [2.24, 2.45) is 5.92 Å². The number of anilines is 2. The van der Waals surface area contributed by atoms with Crippen molar-refractivity contribution < 1.29 is 14.4 Å². The van der Waals surface area contributed by atoms with E-state index in [1.807, 2.05) is 12.1 Å². The lowest BCUT2D eigenvalue weighted by Crippen LogP contribution is -2.47. The van der Waals surface area contributed by atoms with Gasteiger partial charge < -0.3 is 15.5 Å². The SMILES string of the molecule is C[C@H](C#N)Nc1cc(-n2ncc3cc(C#N)cnc32)ncc1C(=O)N[C@H]1CC[C@H](CCN2CCN(c3ccc([C@H]4CCC(=O)NC4=O)cc3)CC2)CC1. The number of piperidine rings is 1. The zero-order chi connectivity index (χ0) is 36.9. The number of nitrogens with zero attached hydrogens (tertiary/aromatic N) is 8. The predicted octanol–water partition coefficient (Wildman–Crippen LogP) is 4.03.